The minimum Gasteiger partial charge on any atom is -0.497 e. The normalized spacial score (nSPS) is 11.3. The zero-order valence-electron chi connectivity index (χ0n) is 22.9. The molecule has 1 atom stereocenters. The first-order valence-corrected chi connectivity index (χ1v) is 13.4. The lowest BCUT2D eigenvalue weighted by Crippen LogP contribution is -2.41. The summed E-state index contributed by atoms with van der Waals surface area (Å²) in [6, 6.07) is 18.5. The number of carbonyl (C=O) groups excluding carboxylic acids is 2. The van der Waals surface area contributed by atoms with Gasteiger partial charge in [-0.15, -0.1) is 11.8 Å². The molecule has 3 rings (SSSR count). The standard InChI is InChI=1S/C30H35NO7S/c1-20(32)38-18-24(31-29(33)14-21-6-10-25(34-2)11-7-21)15-23-16-27(36-4)17-28(37-5)30(23)39-19-22-8-12-26(35-3)13-9-22/h6-13,16-17,24H,14-15,18-19H2,1-5H3,(H,31,33)/t24-/m0/s1. The van der Waals surface area contributed by atoms with Gasteiger partial charge in [-0.1, -0.05) is 24.3 Å². The molecule has 0 heterocycles. The SMILES string of the molecule is COc1ccc(CSc2c(C[C@@H](COC(C)=O)NC(=O)Cc3ccc(OC)cc3)cc(OC)cc2OC)cc1. The van der Waals surface area contributed by atoms with E-state index < -0.39 is 12.0 Å². The Balaban J connectivity index is 1.82. The monoisotopic (exact) mass is 553 g/mol. The van der Waals surface area contributed by atoms with E-state index in [1.165, 1.54) is 6.92 Å². The third-order valence-electron chi connectivity index (χ3n) is 5.95. The molecule has 0 fully saturated rings. The predicted molar refractivity (Wildman–Crippen MR) is 151 cm³/mol. The van der Waals surface area contributed by atoms with Crippen LogP contribution in [0.5, 0.6) is 23.0 Å². The van der Waals surface area contributed by atoms with Crippen LogP contribution in [0.4, 0.5) is 0 Å². The van der Waals surface area contributed by atoms with Crippen LogP contribution in [0.3, 0.4) is 0 Å². The van der Waals surface area contributed by atoms with Crippen LogP contribution in [0, 0.1) is 0 Å². The van der Waals surface area contributed by atoms with Crippen molar-refractivity contribution in [3.63, 3.8) is 0 Å². The number of carbonyl (C=O) groups is 2. The van der Waals surface area contributed by atoms with Gasteiger partial charge in [0.15, 0.2) is 0 Å². The average molecular weight is 554 g/mol. The Morgan fingerprint density at radius 2 is 1.38 bits per heavy atom. The smallest absolute Gasteiger partial charge is 0.302 e. The molecule has 1 amide bonds. The molecule has 208 valence electrons. The van der Waals surface area contributed by atoms with E-state index in [0.717, 1.165) is 33.1 Å². The van der Waals surface area contributed by atoms with Crippen LogP contribution in [0.25, 0.3) is 0 Å². The molecule has 1 N–H and O–H groups in total. The molecule has 0 radical (unpaired) electrons. The van der Waals surface area contributed by atoms with Crippen LogP contribution in [-0.4, -0.2) is 53.0 Å². The summed E-state index contributed by atoms with van der Waals surface area (Å²) in [5.41, 5.74) is 2.87. The maximum atomic E-state index is 13.0. The topological polar surface area (TPSA) is 92.3 Å². The Morgan fingerprint density at radius 3 is 1.92 bits per heavy atom. The lowest BCUT2D eigenvalue weighted by Gasteiger charge is -2.22. The van der Waals surface area contributed by atoms with Crippen molar-refractivity contribution in [2.75, 3.05) is 35.0 Å². The van der Waals surface area contributed by atoms with E-state index in [9.17, 15) is 9.59 Å². The van der Waals surface area contributed by atoms with Gasteiger partial charge in [-0.3, -0.25) is 9.59 Å². The second-order valence-electron chi connectivity index (χ2n) is 8.75. The Bertz CT molecular complexity index is 1230. The van der Waals surface area contributed by atoms with E-state index >= 15 is 0 Å². The van der Waals surface area contributed by atoms with Gasteiger partial charge in [0.05, 0.1) is 45.8 Å². The number of thioether (sulfide) groups is 1. The third kappa shape index (κ3) is 9.14. The van der Waals surface area contributed by atoms with Gasteiger partial charge < -0.3 is 29.0 Å². The maximum absolute atomic E-state index is 13.0. The summed E-state index contributed by atoms with van der Waals surface area (Å²) in [4.78, 5) is 25.5. The number of hydrogen-bond donors (Lipinski definition) is 1. The van der Waals surface area contributed by atoms with E-state index in [0.29, 0.717) is 23.7 Å². The molecular weight excluding hydrogens is 518 g/mol. The highest BCUT2D eigenvalue weighted by Crippen LogP contribution is 2.39. The lowest BCUT2D eigenvalue weighted by atomic mass is 10.0. The van der Waals surface area contributed by atoms with Crippen molar-refractivity contribution in [2.45, 2.75) is 36.5 Å². The van der Waals surface area contributed by atoms with Crippen molar-refractivity contribution < 1.29 is 33.3 Å². The molecule has 0 aliphatic rings. The Hall–Kier alpha value is -3.85. The number of nitrogens with one attached hydrogen (secondary N) is 1. The molecular formula is C30H35NO7S. The molecule has 3 aromatic rings. The molecule has 39 heavy (non-hydrogen) atoms. The Morgan fingerprint density at radius 1 is 0.795 bits per heavy atom. The fourth-order valence-electron chi connectivity index (χ4n) is 3.94. The molecule has 0 spiro atoms. The number of esters is 1. The fraction of sp³-hybridized carbons (Fsp3) is 0.333. The maximum Gasteiger partial charge on any atom is 0.302 e. The van der Waals surface area contributed by atoms with Gasteiger partial charge in [0, 0.05) is 18.7 Å². The van der Waals surface area contributed by atoms with Crippen molar-refractivity contribution in [1.82, 2.24) is 5.32 Å². The largest absolute Gasteiger partial charge is 0.497 e. The number of hydrogen-bond acceptors (Lipinski definition) is 8. The number of amides is 1. The second-order valence-corrected chi connectivity index (χ2v) is 9.74. The predicted octanol–water partition coefficient (Wildman–Crippen LogP) is 4.85. The molecule has 0 aliphatic carbocycles. The first-order chi connectivity index (χ1) is 18.8. The second kappa shape index (κ2) is 14.9. The number of ether oxygens (including phenoxy) is 5. The van der Waals surface area contributed by atoms with Gasteiger partial charge in [0.25, 0.3) is 0 Å². The summed E-state index contributed by atoms with van der Waals surface area (Å²) in [7, 11) is 6.44. The minimum absolute atomic E-state index is 0.0335. The van der Waals surface area contributed by atoms with Crippen molar-refractivity contribution in [3.05, 3.63) is 77.4 Å². The van der Waals surface area contributed by atoms with Gasteiger partial charge in [-0.2, -0.15) is 0 Å². The number of methoxy groups -OCH3 is 4. The summed E-state index contributed by atoms with van der Waals surface area (Å²) in [5.74, 6) is 2.91. The minimum atomic E-state index is -0.461. The zero-order valence-corrected chi connectivity index (χ0v) is 23.8. The molecule has 9 heteroatoms. The van der Waals surface area contributed by atoms with Crippen LogP contribution in [0.15, 0.2) is 65.6 Å². The van der Waals surface area contributed by atoms with Crippen molar-refractivity contribution in [3.8, 4) is 23.0 Å². The molecule has 0 saturated carbocycles. The molecule has 0 bridgehead atoms. The Kier molecular flexibility index (Phi) is 11.4. The van der Waals surface area contributed by atoms with Gasteiger partial charge in [0.1, 0.15) is 29.6 Å². The Labute approximate surface area is 233 Å². The molecule has 0 aliphatic heterocycles. The first-order valence-electron chi connectivity index (χ1n) is 12.4. The van der Waals surface area contributed by atoms with E-state index in [2.05, 4.69) is 5.32 Å². The van der Waals surface area contributed by atoms with Crippen LogP contribution >= 0.6 is 11.8 Å². The third-order valence-corrected chi connectivity index (χ3v) is 7.18. The highest BCUT2D eigenvalue weighted by molar-refractivity contribution is 7.98. The van der Waals surface area contributed by atoms with Crippen LogP contribution < -0.4 is 24.3 Å². The van der Waals surface area contributed by atoms with Crippen LogP contribution in [0.2, 0.25) is 0 Å². The summed E-state index contributed by atoms with van der Waals surface area (Å²) in [5, 5.41) is 3.03. The van der Waals surface area contributed by atoms with Crippen molar-refractivity contribution in [1.29, 1.82) is 0 Å². The lowest BCUT2D eigenvalue weighted by molar-refractivity contribution is -0.142. The zero-order chi connectivity index (χ0) is 28.2. The average Bonchev–Trinajstić information content (AvgIpc) is 2.95. The highest BCUT2D eigenvalue weighted by atomic mass is 32.2. The van der Waals surface area contributed by atoms with Gasteiger partial charge in [-0.05, 0) is 53.4 Å². The molecule has 3 aromatic carbocycles. The van der Waals surface area contributed by atoms with Gasteiger partial charge >= 0.3 is 5.97 Å². The summed E-state index contributed by atoms with van der Waals surface area (Å²) >= 11 is 1.62. The number of rotatable bonds is 14. The molecule has 0 saturated heterocycles. The van der Waals surface area contributed by atoms with E-state index in [4.69, 9.17) is 23.7 Å². The van der Waals surface area contributed by atoms with Crippen molar-refractivity contribution in [2.24, 2.45) is 0 Å². The first kappa shape index (κ1) is 29.7. The van der Waals surface area contributed by atoms with Gasteiger partial charge in [0.2, 0.25) is 5.91 Å². The molecule has 0 unspecified atom stereocenters. The van der Waals surface area contributed by atoms with E-state index in [1.54, 1.807) is 40.2 Å². The summed E-state index contributed by atoms with van der Waals surface area (Å²) in [6.07, 6.45) is 0.585. The molecule has 0 aromatic heterocycles. The van der Waals surface area contributed by atoms with E-state index in [1.807, 2.05) is 60.7 Å². The highest BCUT2D eigenvalue weighted by Gasteiger charge is 2.21. The molecule has 8 nitrogen and oxygen atoms in total. The fourth-order valence-corrected chi connectivity index (χ4v) is 5.05. The van der Waals surface area contributed by atoms with Crippen LogP contribution in [0.1, 0.15) is 23.6 Å². The van der Waals surface area contributed by atoms with Crippen LogP contribution in [-0.2, 0) is 32.9 Å². The number of benzene rings is 3. The van der Waals surface area contributed by atoms with E-state index in [-0.39, 0.29) is 18.9 Å². The summed E-state index contributed by atoms with van der Waals surface area (Å²) in [6.45, 7) is 1.38. The summed E-state index contributed by atoms with van der Waals surface area (Å²) < 4.78 is 27.0. The van der Waals surface area contributed by atoms with Gasteiger partial charge in [-0.25, -0.2) is 0 Å². The van der Waals surface area contributed by atoms with Crippen molar-refractivity contribution >= 4 is 23.6 Å². The quantitative estimate of drug-likeness (QED) is 0.224.